The van der Waals surface area contributed by atoms with Gasteiger partial charge < -0.3 is 10.1 Å². The first-order valence-corrected chi connectivity index (χ1v) is 11.3. The minimum atomic E-state index is -0.810. The minimum absolute atomic E-state index is 0.0433. The Morgan fingerprint density at radius 1 is 1.26 bits per heavy atom. The lowest BCUT2D eigenvalue weighted by Gasteiger charge is -2.28. The van der Waals surface area contributed by atoms with Gasteiger partial charge in [0.05, 0.1) is 17.8 Å². The van der Waals surface area contributed by atoms with Gasteiger partial charge in [-0.05, 0) is 46.6 Å². The number of hydrogen-bond donors (Lipinski definition) is 1. The van der Waals surface area contributed by atoms with Gasteiger partial charge in [0.15, 0.2) is 11.5 Å². The Bertz CT molecular complexity index is 1180. The van der Waals surface area contributed by atoms with Gasteiger partial charge in [0, 0.05) is 26.7 Å². The second kappa shape index (κ2) is 10.5. The first kappa shape index (κ1) is 25.7. The Morgan fingerprint density at radius 3 is 2.62 bits per heavy atom. The Hall–Kier alpha value is -2.96. The van der Waals surface area contributed by atoms with Crippen LogP contribution >= 0.6 is 39.1 Å². The van der Waals surface area contributed by atoms with Crippen LogP contribution < -0.4 is 10.3 Å². The number of aryl methyl sites for hydroxylation is 1. The number of methoxy groups -OCH3 is 1. The monoisotopic (exact) mass is 571 g/mol. The van der Waals surface area contributed by atoms with Gasteiger partial charge in [0.2, 0.25) is 5.91 Å². The highest BCUT2D eigenvalue weighted by atomic mass is 79.9. The van der Waals surface area contributed by atoms with Crippen molar-refractivity contribution in [3.8, 4) is 0 Å². The van der Waals surface area contributed by atoms with Gasteiger partial charge in [-0.25, -0.2) is 29.8 Å². The normalized spacial score (nSPS) is 15.0. The summed E-state index contributed by atoms with van der Waals surface area (Å²) in [5, 5.41) is 10.8. The molecule has 1 aliphatic rings. The van der Waals surface area contributed by atoms with Crippen LogP contribution in [0.5, 0.6) is 0 Å². The number of carbonyl (C=O) groups excluding carboxylic acids is 3. The molecule has 0 saturated carbocycles. The number of hydrogen-bond acceptors (Lipinski definition) is 8. The lowest BCUT2D eigenvalue weighted by Crippen LogP contribution is -2.45. The number of halogens is 3. The average molecular weight is 573 g/mol. The van der Waals surface area contributed by atoms with E-state index in [1.165, 1.54) is 38.5 Å². The Labute approximate surface area is 213 Å². The van der Waals surface area contributed by atoms with Crippen LogP contribution in [0.2, 0.25) is 10.2 Å². The summed E-state index contributed by atoms with van der Waals surface area (Å²) in [4.78, 5) is 46.7. The first-order chi connectivity index (χ1) is 16.0. The quantitative estimate of drug-likeness (QED) is 0.438. The van der Waals surface area contributed by atoms with E-state index >= 15 is 0 Å². The smallest absolute Gasteiger partial charge is 0.428 e. The van der Waals surface area contributed by atoms with E-state index in [0.29, 0.717) is 21.0 Å². The van der Waals surface area contributed by atoms with Gasteiger partial charge in [-0.2, -0.15) is 5.10 Å². The fraction of sp³-hybridized carbons (Fsp3) is 0.300. The molecule has 0 bridgehead atoms. The van der Waals surface area contributed by atoms with Crippen molar-refractivity contribution in [2.75, 3.05) is 31.5 Å². The van der Waals surface area contributed by atoms with Crippen molar-refractivity contribution in [2.24, 2.45) is 5.10 Å². The predicted molar refractivity (Wildman–Crippen MR) is 131 cm³/mol. The lowest BCUT2D eigenvalue weighted by atomic mass is 10.1. The summed E-state index contributed by atoms with van der Waals surface area (Å²) in [5.74, 6) is -0.868. The molecule has 0 radical (unpaired) electrons. The molecule has 3 rings (SSSR count). The molecular weight excluding hydrogens is 553 g/mol. The number of hydrazine groups is 1. The minimum Gasteiger partial charge on any atom is -0.452 e. The molecule has 34 heavy (non-hydrogen) atoms. The Balaban J connectivity index is 1.94. The van der Waals surface area contributed by atoms with E-state index in [-0.39, 0.29) is 23.0 Å². The number of anilines is 2. The SMILES string of the molecule is COC(=O)N(C)N(C)C(=O)c1nc(Cl)cc(C)c1NC(=O)C1CC(Br)=NN1c1ncccc1Cl. The number of rotatable bonds is 4. The van der Waals surface area contributed by atoms with Crippen molar-refractivity contribution in [1.29, 1.82) is 0 Å². The summed E-state index contributed by atoms with van der Waals surface area (Å²) in [5.41, 5.74) is 0.475. The molecule has 14 heteroatoms. The third kappa shape index (κ3) is 5.24. The van der Waals surface area contributed by atoms with Crippen molar-refractivity contribution >= 4 is 73.2 Å². The number of nitrogens with one attached hydrogen (secondary N) is 1. The van der Waals surface area contributed by atoms with Crippen LogP contribution in [0.15, 0.2) is 29.5 Å². The van der Waals surface area contributed by atoms with E-state index in [9.17, 15) is 14.4 Å². The summed E-state index contributed by atoms with van der Waals surface area (Å²) in [6, 6.07) is 4.00. The zero-order chi connectivity index (χ0) is 25.2. The molecule has 180 valence electrons. The maximum Gasteiger partial charge on any atom is 0.428 e. The van der Waals surface area contributed by atoms with E-state index in [2.05, 4.69) is 41.1 Å². The molecule has 0 spiro atoms. The third-order valence-corrected chi connectivity index (χ3v) is 5.92. The maximum atomic E-state index is 13.3. The molecular formula is C20H20BrCl2N7O4. The van der Waals surface area contributed by atoms with E-state index in [1.807, 2.05) is 0 Å². The molecule has 0 aliphatic carbocycles. The van der Waals surface area contributed by atoms with Gasteiger partial charge in [-0.15, -0.1) is 0 Å². The largest absolute Gasteiger partial charge is 0.452 e. The summed E-state index contributed by atoms with van der Waals surface area (Å²) < 4.78 is 5.16. The van der Waals surface area contributed by atoms with Gasteiger partial charge in [0.1, 0.15) is 15.8 Å². The molecule has 0 fully saturated rings. The summed E-state index contributed by atoms with van der Waals surface area (Å²) in [6.07, 6.45) is 1.01. The topological polar surface area (TPSA) is 120 Å². The highest BCUT2D eigenvalue weighted by molar-refractivity contribution is 9.18. The van der Waals surface area contributed by atoms with Gasteiger partial charge >= 0.3 is 6.09 Å². The van der Waals surface area contributed by atoms with Crippen molar-refractivity contribution in [2.45, 2.75) is 19.4 Å². The molecule has 1 N–H and O–H groups in total. The maximum absolute atomic E-state index is 13.3. The van der Waals surface area contributed by atoms with Crippen molar-refractivity contribution < 1.29 is 19.1 Å². The number of aromatic nitrogens is 2. The van der Waals surface area contributed by atoms with Crippen molar-refractivity contribution in [1.82, 2.24) is 20.0 Å². The van der Waals surface area contributed by atoms with E-state index < -0.39 is 23.9 Å². The molecule has 1 unspecified atom stereocenters. The molecule has 11 nitrogen and oxygen atoms in total. The van der Waals surface area contributed by atoms with Gasteiger partial charge in [-0.1, -0.05) is 23.2 Å². The zero-order valence-electron chi connectivity index (χ0n) is 18.5. The molecule has 3 heterocycles. The second-order valence-corrected chi connectivity index (χ2v) is 8.86. The summed E-state index contributed by atoms with van der Waals surface area (Å²) >= 11 is 15.7. The van der Waals surface area contributed by atoms with Crippen LogP contribution in [0.25, 0.3) is 0 Å². The molecule has 0 aromatic carbocycles. The predicted octanol–water partition coefficient (Wildman–Crippen LogP) is 3.70. The summed E-state index contributed by atoms with van der Waals surface area (Å²) in [7, 11) is 3.89. The van der Waals surface area contributed by atoms with E-state index in [1.54, 1.807) is 19.1 Å². The number of carbonyl (C=O) groups is 3. The van der Waals surface area contributed by atoms with Gasteiger partial charge in [0.25, 0.3) is 5.91 Å². The highest BCUT2D eigenvalue weighted by Crippen LogP contribution is 2.32. The van der Waals surface area contributed by atoms with E-state index in [0.717, 1.165) is 10.0 Å². The standard InChI is InChI=1S/C20H20BrCl2N7O4/c1-10-8-14(23)25-16(19(32)28(2)29(3)20(33)34-4)15(10)26-18(31)12-9-13(21)27-30(12)17-11(22)6-5-7-24-17/h5-8,12H,9H2,1-4H3,(H,26,31). The van der Waals surface area contributed by atoms with Crippen LogP contribution in [-0.4, -0.2) is 69.8 Å². The number of ether oxygens (including phenoxy) is 1. The van der Waals surface area contributed by atoms with Gasteiger partial charge in [-0.3, -0.25) is 9.59 Å². The van der Waals surface area contributed by atoms with Crippen molar-refractivity contribution in [3.63, 3.8) is 0 Å². The average Bonchev–Trinajstić information content (AvgIpc) is 3.20. The fourth-order valence-corrected chi connectivity index (χ4v) is 4.05. The third-order valence-electron chi connectivity index (χ3n) is 4.95. The Kier molecular flexibility index (Phi) is 7.95. The fourth-order valence-electron chi connectivity index (χ4n) is 3.11. The molecule has 0 saturated heterocycles. The first-order valence-electron chi connectivity index (χ1n) is 9.75. The number of nitrogens with zero attached hydrogens (tertiary/aromatic N) is 6. The van der Waals surface area contributed by atoms with E-state index in [4.69, 9.17) is 23.2 Å². The molecule has 1 aliphatic heterocycles. The van der Waals surface area contributed by atoms with Crippen LogP contribution in [0.1, 0.15) is 22.5 Å². The molecule has 2 aromatic heterocycles. The van der Waals surface area contributed by atoms with Crippen molar-refractivity contribution in [3.05, 3.63) is 45.8 Å². The Morgan fingerprint density at radius 2 is 1.97 bits per heavy atom. The lowest BCUT2D eigenvalue weighted by molar-refractivity contribution is -0.117. The summed E-state index contributed by atoms with van der Waals surface area (Å²) in [6.45, 7) is 1.67. The number of pyridine rings is 2. The number of hydrazone groups is 1. The van der Waals surface area contributed by atoms with Crippen LogP contribution in [0.4, 0.5) is 16.3 Å². The second-order valence-electron chi connectivity index (χ2n) is 7.15. The highest BCUT2D eigenvalue weighted by Gasteiger charge is 2.36. The zero-order valence-corrected chi connectivity index (χ0v) is 21.6. The van der Waals surface area contributed by atoms with Crippen LogP contribution in [-0.2, 0) is 9.53 Å². The number of amides is 3. The van der Waals surface area contributed by atoms with Crippen LogP contribution in [0.3, 0.4) is 0 Å². The molecule has 3 amide bonds. The van der Waals surface area contributed by atoms with Crippen LogP contribution in [0, 0.1) is 6.92 Å². The molecule has 1 atom stereocenters. The molecule has 2 aromatic rings.